The van der Waals surface area contributed by atoms with Crippen LogP contribution in [0.1, 0.15) is 19.2 Å². The predicted molar refractivity (Wildman–Crippen MR) is 80.3 cm³/mol. The Morgan fingerprint density at radius 2 is 2.10 bits per heavy atom. The lowest BCUT2D eigenvalue weighted by Gasteiger charge is -2.08. The molecule has 2 rings (SSSR count). The molecule has 0 atom stereocenters. The summed E-state index contributed by atoms with van der Waals surface area (Å²) in [5.74, 6) is 1.31. The Hall–Kier alpha value is -1.93. The van der Waals surface area contributed by atoms with Crippen LogP contribution in [0, 0.1) is 0 Å². The minimum atomic E-state index is -3.58. The molecule has 0 bridgehead atoms. The predicted octanol–water partition coefficient (Wildman–Crippen LogP) is 1.12. The standard InChI is InChI=1S/C13H19N5O2S/c1-3-6-14-12-5-4-11(9-16-12)21(19,20)17-10-13-15-7-8-18(13)2/h4-5,7-9,17H,3,6,10H2,1-2H3,(H,14,16). The van der Waals surface area contributed by atoms with Crippen LogP contribution in [0.3, 0.4) is 0 Å². The van der Waals surface area contributed by atoms with Gasteiger partial charge in [0.2, 0.25) is 10.0 Å². The van der Waals surface area contributed by atoms with E-state index in [1.807, 2.05) is 14.0 Å². The van der Waals surface area contributed by atoms with Crippen LogP contribution < -0.4 is 10.0 Å². The molecule has 0 aliphatic carbocycles. The summed E-state index contributed by atoms with van der Waals surface area (Å²) in [5.41, 5.74) is 0. The van der Waals surface area contributed by atoms with Gasteiger partial charge in [0.1, 0.15) is 16.5 Å². The number of aryl methyl sites for hydroxylation is 1. The van der Waals surface area contributed by atoms with Crippen LogP contribution in [-0.4, -0.2) is 29.5 Å². The van der Waals surface area contributed by atoms with Crippen LogP contribution in [-0.2, 0) is 23.6 Å². The lowest BCUT2D eigenvalue weighted by Crippen LogP contribution is -2.24. The van der Waals surface area contributed by atoms with E-state index in [0.29, 0.717) is 11.6 Å². The van der Waals surface area contributed by atoms with Gasteiger partial charge in [0.25, 0.3) is 0 Å². The molecule has 2 heterocycles. The zero-order valence-electron chi connectivity index (χ0n) is 12.1. The van der Waals surface area contributed by atoms with E-state index in [1.54, 1.807) is 23.0 Å². The molecule has 7 nitrogen and oxygen atoms in total. The SMILES string of the molecule is CCCNc1ccc(S(=O)(=O)NCc2nccn2C)cn1. The molecule has 0 aromatic carbocycles. The summed E-state index contributed by atoms with van der Waals surface area (Å²) in [6, 6.07) is 3.19. The minimum Gasteiger partial charge on any atom is -0.370 e. The average Bonchev–Trinajstić information content (AvgIpc) is 2.89. The van der Waals surface area contributed by atoms with Gasteiger partial charge in [-0.1, -0.05) is 6.92 Å². The molecule has 2 aromatic rings. The second-order valence-electron chi connectivity index (χ2n) is 4.58. The Kier molecular flexibility index (Phi) is 4.92. The summed E-state index contributed by atoms with van der Waals surface area (Å²) in [6.45, 7) is 2.99. The Bertz CT molecular complexity index is 679. The van der Waals surface area contributed by atoms with Gasteiger partial charge in [-0.15, -0.1) is 0 Å². The highest BCUT2D eigenvalue weighted by atomic mass is 32.2. The van der Waals surface area contributed by atoms with E-state index >= 15 is 0 Å². The van der Waals surface area contributed by atoms with Crippen molar-refractivity contribution in [2.45, 2.75) is 24.8 Å². The topological polar surface area (TPSA) is 88.9 Å². The third kappa shape index (κ3) is 4.02. The normalized spacial score (nSPS) is 11.5. The molecular formula is C13H19N5O2S. The van der Waals surface area contributed by atoms with Crippen LogP contribution in [0.4, 0.5) is 5.82 Å². The number of aromatic nitrogens is 3. The van der Waals surface area contributed by atoms with Gasteiger partial charge in [-0.25, -0.2) is 23.1 Å². The summed E-state index contributed by atoms with van der Waals surface area (Å²) in [7, 11) is -1.77. The van der Waals surface area contributed by atoms with Crippen molar-refractivity contribution in [1.29, 1.82) is 0 Å². The number of anilines is 1. The Morgan fingerprint density at radius 3 is 2.67 bits per heavy atom. The van der Waals surface area contributed by atoms with Crippen molar-refractivity contribution >= 4 is 15.8 Å². The number of sulfonamides is 1. The van der Waals surface area contributed by atoms with E-state index in [-0.39, 0.29) is 11.4 Å². The maximum atomic E-state index is 12.2. The van der Waals surface area contributed by atoms with E-state index in [9.17, 15) is 8.42 Å². The van der Waals surface area contributed by atoms with Gasteiger partial charge in [-0.2, -0.15) is 0 Å². The van der Waals surface area contributed by atoms with E-state index in [2.05, 4.69) is 20.0 Å². The molecule has 0 saturated heterocycles. The molecule has 21 heavy (non-hydrogen) atoms. The van der Waals surface area contributed by atoms with Crippen LogP contribution in [0.25, 0.3) is 0 Å². The van der Waals surface area contributed by atoms with Gasteiger partial charge in [0.05, 0.1) is 6.54 Å². The van der Waals surface area contributed by atoms with Crippen molar-refractivity contribution in [3.63, 3.8) is 0 Å². The number of nitrogens with zero attached hydrogens (tertiary/aromatic N) is 3. The molecule has 8 heteroatoms. The highest BCUT2D eigenvalue weighted by molar-refractivity contribution is 7.89. The molecule has 0 amide bonds. The van der Waals surface area contributed by atoms with Gasteiger partial charge in [0.15, 0.2) is 0 Å². The lowest BCUT2D eigenvalue weighted by atomic mass is 10.4. The smallest absolute Gasteiger partial charge is 0.242 e. The first kappa shape index (κ1) is 15.5. The molecule has 0 radical (unpaired) electrons. The zero-order valence-corrected chi connectivity index (χ0v) is 12.9. The molecule has 0 saturated carbocycles. The number of hydrogen-bond donors (Lipinski definition) is 2. The Balaban J connectivity index is 2.03. The first-order valence-electron chi connectivity index (χ1n) is 6.68. The fourth-order valence-corrected chi connectivity index (χ4v) is 2.63. The van der Waals surface area contributed by atoms with Gasteiger partial charge in [0, 0.05) is 32.2 Å². The van der Waals surface area contributed by atoms with Crippen LogP contribution in [0.2, 0.25) is 0 Å². The van der Waals surface area contributed by atoms with Crippen molar-refractivity contribution in [3.8, 4) is 0 Å². The van der Waals surface area contributed by atoms with Gasteiger partial charge in [-0.3, -0.25) is 0 Å². The number of imidazole rings is 1. The molecule has 0 aliphatic rings. The second kappa shape index (κ2) is 6.68. The van der Waals surface area contributed by atoms with Crippen molar-refractivity contribution < 1.29 is 8.42 Å². The maximum Gasteiger partial charge on any atom is 0.242 e. The molecule has 0 fully saturated rings. The largest absolute Gasteiger partial charge is 0.370 e. The first-order valence-corrected chi connectivity index (χ1v) is 8.17. The fraction of sp³-hybridized carbons (Fsp3) is 0.385. The van der Waals surface area contributed by atoms with Crippen LogP contribution in [0.15, 0.2) is 35.6 Å². The average molecular weight is 309 g/mol. The van der Waals surface area contributed by atoms with Gasteiger partial charge in [-0.05, 0) is 18.6 Å². The first-order chi connectivity index (χ1) is 10.0. The van der Waals surface area contributed by atoms with Gasteiger partial charge < -0.3 is 9.88 Å². The third-order valence-corrected chi connectivity index (χ3v) is 4.33. The highest BCUT2D eigenvalue weighted by Crippen LogP contribution is 2.11. The number of rotatable bonds is 7. The van der Waals surface area contributed by atoms with E-state index in [1.165, 1.54) is 12.3 Å². The highest BCUT2D eigenvalue weighted by Gasteiger charge is 2.15. The third-order valence-electron chi connectivity index (χ3n) is 2.94. The van der Waals surface area contributed by atoms with Crippen molar-refractivity contribution in [2.75, 3.05) is 11.9 Å². The molecule has 0 aliphatic heterocycles. The molecular weight excluding hydrogens is 290 g/mol. The monoisotopic (exact) mass is 309 g/mol. The molecule has 0 unspecified atom stereocenters. The maximum absolute atomic E-state index is 12.2. The molecule has 2 N–H and O–H groups in total. The summed E-state index contributed by atoms with van der Waals surface area (Å²) >= 11 is 0. The zero-order chi connectivity index (χ0) is 15.3. The number of hydrogen-bond acceptors (Lipinski definition) is 5. The van der Waals surface area contributed by atoms with Crippen molar-refractivity contribution in [3.05, 3.63) is 36.5 Å². The molecule has 114 valence electrons. The lowest BCUT2D eigenvalue weighted by molar-refractivity contribution is 0.577. The van der Waals surface area contributed by atoms with Crippen molar-refractivity contribution in [1.82, 2.24) is 19.3 Å². The summed E-state index contributed by atoms with van der Waals surface area (Å²) in [6.07, 6.45) is 5.71. The minimum absolute atomic E-state index is 0.138. The van der Waals surface area contributed by atoms with E-state index < -0.39 is 10.0 Å². The Morgan fingerprint density at radius 1 is 1.29 bits per heavy atom. The van der Waals surface area contributed by atoms with E-state index in [4.69, 9.17) is 0 Å². The van der Waals surface area contributed by atoms with Gasteiger partial charge >= 0.3 is 0 Å². The van der Waals surface area contributed by atoms with Crippen LogP contribution >= 0.6 is 0 Å². The summed E-state index contributed by atoms with van der Waals surface area (Å²) < 4.78 is 28.6. The molecule has 0 spiro atoms. The van der Waals surface area contributed by atoms with E-state index in [0.717, 1.165) is 13.0 Å². The second-order valence-corrected chi connectivity index (χ2v) is 6.35. The Labute approximate surface area is 124 Å². The quantitative estimate of drug-likeness (QED) is 0.800. The summed E-state index contributed by atoms with van der Waals surface area (Å²) in [5, 5.41) is 3.10. The number of pyridine rings is 1. The fourth-order valence-electron chi connectivity index (χ4n) is 1.71. The summed E-state index contributed by atoms with van der Waals surface area (Å²) in [4.78, 5) is 8.30. The molecule has 2 aromatic heterocycles. The van der Waals surface area contributed by atoms with Crippen molar-refractivity contribution in [2.24, 2.45) is 7.05 Å². The van der Waals surface area contributed by atoms with Crippen LogP contribution in [0.5, 0.6) is 0 Å². The number of nitrogens with one attached hydrogen (secondary N) is 2.